The molecule has 1 N–H and O–H groups in total. The maximum Gasteiger partial charge on any atom is 0.229 e. The lowest BCUT2D eigenvalue weighted by molar-refractivity contribution is -0.142. The molecule has 0 aromatic carbocycles. The highest BCUT2D eigenvalue weighted by Crippen LogP contribution is 2.33. The van der Waals surface area contributed by atoms with Gasteiger partial charge in [0.1, 0.15) is 0 Å². The predicted octanol–water partition coefficient (Wildman–Crippen LogP) is 1.71. The zero-order valence-electron chi connectivity index (χ0n) is 13.3. The Hall–Kier alpha value is -0.610. The molecule has 1 unspecified atom stereocenters. The molecule has 0 spiro atoms. The van der Waals surface area contributed by atoms with Crippen molar-refractivity contribution < 1.29 is 4.79 Å². The fourth-order valence-corrected chi connectivity index (χ4v) is 3.75. The van der Waals surface area contributed by atoms with Crippen LogP contribution in [0.15, 0.2) is 0 Å². The van der Waals surface area contributed by atoms with Gasteiger partial charge in [0.2, 0.25) is 5.91 Å². The summed E-state index contributed by atoms with van der Waals surface area (Å²) in [5.41, 5.74) is -0.132. The summed E-state index contributed by atoms with van der Waals surface area (Å²) in [7, 11) is 1.99. The molecule has 0 saturated carbocycles. The second-order valence-corrected chi connectivity index (χ2v) is 6.59. The SMILES string of the molecule is CCCC1(C(=O)N(C)CCN2CCCC2)CCCNC1. The van der Waals surface area contributed by atoms with Gasteiger partial charge in [-0.25, -0.2) is 0 Å². The summed E-state index contributed by atoms with van der Waals surface area (Å²) >= 11 is 0. The summed E-state index contributed by atoms with van der Waals surface area (Å²) in [6, 6.07) is 0. The Morgan fingerprint density at radius 2 is 2.05 bits per heavy atom. The first-order valence-electron chi connectivity index (χ1n) is 8.36. The van der Waals surface area contributed by atoms with E-state index < -0.39 is 0 Å². The van der Waals surface area contributed by atoms with Crippen LogP contribution in [-0.4, -0.2) is 62.0 Å². The Bertz CT molecular complexity index is 301. The molecule has 1 amide bonds. The van der Waals surface area contributed by atoms with Gasteiger partial charge in [0, 0.05) is 26.7 Å². The third kappa shape index (κ3) is 3.73. The van der Waals surface area contributed by atoms with Gasteiger partial charge in [0.15, 0.2) is 0 Å². The van der Waals surface area contributed by atoms with Gasteiger partial charge in [-0.1, -0.05) is 13.3 Å². The molecule has 116 valence electrons. The van der Waals surface area contributed by atoms with Crippen LogP contribution in [-0.2, 0) is 4.79 Å². The summed E-state index contributed by atoms with van der Waals surface area (Å²) in [6.45, 7) is 8.47. The highest BCUT2D eigenvalue weighted by Gasteiger charge is 2.40. The Kier molecular flexibility index (Phi) is 5.85. The van der Waals surface area contributed by atoms with E-state index in [1.165, 1.54) is 25.9 Å². The lowest BCUT2D eigenvalue weighted by Crippen LogP contribution is -2.52. The van der Waals surface area contributed by atoms with E-state index in [0.29, 0.717) is 5.91 Å². The van der Waals surface area contributed by atoms with E-state index in [4.69, 9.17) is 0 Å². The van der Waals surface area contributed by atoms with Crippen molar-refractivity contribution >= 4 is 5.91 Å². The first-order valence-corrected chi connectivity index (χ1v) is 8.36. The number of likely N-dealkylation sites (tertiary alicyclic amines) is 1. The van der Waals surface area contributed by atoms with Crippen molar-refractivity contribution in [3.63, 3.8) is 0 Å². The summed E-state index contributed by atoms with van der Waals surface area (Å²) in [4.78, 5) is 17.4. The lowest BCUT2D eigenvalue weighted by Gasteiger charge is -2.39. The van der Waals surface area contributed by atoms with Crippen LogP contribution in [0.5, 0.6) is 0 Å². The number of hydrogen-bond acceptors (Lipinski definition) is 3. The summed E-state index contributed by atoms with van der Waals surface area (Å²) in [6.07, 6.45) is 6.94. The number of rotatable bonds is 6. The second-order valence-electron chi connectivity index (χ2n) is 6.59. The van der Waals surface area contributed by atoms with Gasteiger partial charge < -0.3 is 15.1 Å². The molecule has 20 heavy (non-hydrogen) atoms. The summed E-state index contributed by atoms with van der Waals surface area (Å²) < 4.78 is 0. The van der Waals surface area contributed by atoms with Crippen LogP contribution in [0.2, 0.25) is 0 Å². The molecule has 2 aliphatic rings. The third-order valence-electron chi connectivity index (χ3n) is 4.95. The van der Waals surface area contributed by atoms with Gasteiger partial charge >= 0.3 is 0 Å². The van der Waals surface area contributed by atoms with Crippen molar-refractivity contribution in [3.05, 3.63) is 0 Å². The number of amides is 1. The third-order valence-corrected chi connectivity index (χ3v) is 4.95. The van der Waals surface area contributed by atoms with Gasteiger partial charge in [-0.15, -0.1) is 0 Å². The highest BCUT2D eigenvalue weighted by atomic mass is 16.2. The fraction of sp³-hybridized carbons (Fsp3) is 0.938. The van der Waals surface area contributed by atoms with E-state index in [-0.39, 0.29) is 5.41 Å². The van der Waals surface area contributed by atoms with Crippen LogP contribution >= 0.6 is 0 Å². The van der Waals surface area contributed by atoms with E-state index >= 15 is 0 Å². The standard InChI is InChI=1S/C16H31N3O/c1-3-7-16(8-6-9-17-14-16)15(20)18(2)12-13-19-10-4-5-11-19/h17H,3-14H2,1-2H3. The van der Waals surface area contributed by atoms with Crippen LogP contribution in [0.25, 0.3) is 0 Å². The number of carbonyl (C=O) groups excluding carboxylic acids is 1. The second kappa shape index (κ2) is 7.41. The molecule has 0 bridgehead atoms. The molecule has 4 heteroatoms. The Labute approximate surface area is 123 Å². The molecule has 1 atom stereocenters. The molecule has 2 aliphatic heterocycles. The van der Waals surface area contributed by atoms with Crippen molar-refractivity contribution in [2.45, 2.75) is 45.4 Å². The number of piperidine rings is 1. The molecule has 0 aromatic heterocycles. The number of hydrogen-bond donors (Lipinski definition) is 1. The van der Waals surface area contributed by atoms with Crippen molar-refractivity contribution in [2.24, 2.45) is 5.41 Å². The van der Waals surface area contributed by atoms with Crippen LogP contribution in [0.1, 0.15) is 45.4 Å². The molecule has 2 rings (SSSR count). The van der Waals surface area contributed by atoms with Crippen LogP contribution in [0.3, 0.4) is 0 Å². The average molecular weight is 281 g/mol. The van der Waals surface area contributed by atoms with Gasteiger partial charge in [0.05, 0.1) is 5.41 Å². The predicted molar refractivity (Wildman–Crippen MR) is 82.8 cm³/mol. The van der Waals surface area contributed by atoms with Gasteiger partial charge in [0.25, 0.3) is 0 Å². The molecule has 0 radical (unpaired) electrons. The summed E-state index contributed by atoms with van der Waals surface area (Å²) in [5, 5.41) is 3.44. The van der Waals surface area contributed by atoms with Crippen molar-refractivity contribution in [1.29, 1.82) is 0 Å². The average Bonchev–Trinajstić information content (AvgIpc) is 2.98. The van der Waals surface area contributed by atoms with E-state index in [9.17, 15) is 4.79 Å². The minimum Gasteiger partial charge on any atom is -0.344 e. The quantitative estimate of drug-likeness (QED) is 0.805. The highest BCUT2D eigenvalue weighted by molar-refractivity contribution is 5.83. The van der Waals surface area contributed by atoms with Gasteiger partial charge in [-0.05, 0) is 51.7 Å². The number of nitrogens with one attached hydrogen (secondary N) is 1. The van der Waals surface area contributed by atoms with E-state index in [1.54, 1.807) is 0 Å². The zero-order chi connectivity index (χ0) is 14.4. The van der Waals surface area contributed by atoms with E-state index in [0.717, 1.165) is 51.9 Å². The minimum absolute atomic E-state index is 0.132. The monoisotopic (exact) mass is 281 g/mol. The number of carbonyl (C=O) groups is 1. The van der Waals surface area contributed by atoms with Crippen molar-refractivity contribution in [3.8, 4) is 0 Å². The first kappa shape index (κ1) is 15.8. The topological polar surface area (TPSA) is 35.6 Å². The molecule has 0 aromatic rings. The van der Waals surface area contributed by atoms with Crippen LogP contribution < -0.4 is 5.32 Å². The lowest BCUT2D eigenvalue weighted by atomic mass is 9.76. The van der Waals surface area contributed by atoms with Crippen LogP contribution in [0, 0.1) is 5.41 Å². The number of likely N-dealkylation sites (N-methyl/N-ethyl adjacent to an activating group) is 1. The largest absolute Gasteiger partial charge is 0.344 e. The molecule has 2 heterocycles. The minimum atomic E-state index is -0.132. The van der Waals surface area contributed by atoms with Gasteiger partial charge in [-0.3, -0.25) is 4.79 Å². The fourth-order valence-electron chi connectivity index (χ4n) is 3.75. The molecule has 2 saturated heterocycles. The Morgan fingerprint density at radius 3 is 2.65 bits per heavy atom. The number of nitrogens with zero attached hydrogens (tertiary/aromatic N) is 2. The normalized spacial score (nSPS) is 27.7. The van der Waals surface area contributed by atoms with Gasteiger partial charge in [-0.2, -0.15) is 0 Å². The smallest absolute Gasteiger partial charge is 0.229 e. The Balaban J connectivity index is 1.88. The maximum absolute atomic E-state index is 12.9. The summed E-state index contributed by atoms with van der Waals surface area (Å²) in [5.74, 6) is 0.366. The van der Waals surface area contributed by atoms with E-state index in [1.807, 2.05) is 11.9 Å². The van der Waals surface area contributed by atoms with E-state index in [2.05, 4.69) is 17.1 Å². The van der Waals surface area contributed by atoms with Crippen LogP contribution in [0.4, 0.5) is 0 Å². The zero-order valence-corrected chi connectivity index (χ0v) is 13.3. The first-order chi connectivity index (χ1) is 9.68. The molecule has 2 fully saturated rings. The molecular weight excluding hydrogens is 250 g/mol. The van der Waals surface area contributed by atoms with Crippen molar-refractivity contribution in [2.75, 3.05) is 46.3 Å². The maximum atomic E-state index is 12.9. The molecule has 0 aliphatic carbocycles. The Morgan fingerprint density at radius 1 is 1.30 bits per heavy atom. The molecule has 4 nitrogen and oxygen atoms in total. The molecular formula is C16H31N3O. The van der Waals surface area contributed by atoms with Crippen molar-refractivity contribution in [1.82, 2.24) is 15.1 Å².